The topological polar surface area (TPSA) is 59.2 Å². The van der Waals surface area contributed by atoms with Crippen molar-refractivity contribution in [2.24, 2.45) is 5.73 Å². The molecule has 0 aliphatic carbocycles. The highest BCUT2D eigenvalue weighted by molar-refractivity contribution is 5.95. The van der Waals surface area contributed by atoms with Gasteiger partial charge in [-0.1, -0.05) is 30.3 Å². The van der Waals surface area contributed by atoms with Gasteiger partial charge < -0.3 is 10.6 Å². The van der Waals surface area contributed by atoms with Gasteiger partial charge in [0.05, 0.1) is 5.56 Å². The van der Waals surface area contributed by atoms with E-state index in [9.17, 15) is 4.79 Å². The van der Waals surface area contributed by atoms with Crippen molar-refractivity contribution >= 4 is 5.91 Å². The van der Waals surface area contributed by atoms with Gasteiger partial charge in [0, 0.05) is 37.1 Å². The van der Waals surface area contributed by atoms with Gasteiger partial charge >= 0.3 is 0 Å². The lowest BCUT2D eigenvalue weighted by molar-refractivity contribution is 0.0623. The van der Waals surface area contributed by atoms with Gasteiger partial charge in [0.15, 0.2) is 0 Å². The van der Waals surface area contributed by atoms with Crippen molar-refractivity contribution < 1.29 is 4.79 Å². The van der Waals surface area contributed by atoms with E-state index in [-0.39, 0.29) is 11.9 Å². The summed E-state index contributed by atoms with van der Waals surface area (Å²) < 4.78 is 0. The number of hydrogen-bond acceptors (Lipinski definition) is 3. The fourth-order valence-corrected chi connectivity index (χ4v) is 3.02. The summed E-state index contributed by atoms with van der Waals surface area (Å²) >= 11 is 0. The molecule has 1 saturated heterocycles. The molecular weight excluding hydrogens is 274 g/mol. The first-order valence-electron chi connectivity index (χ1n) is 7.81. The first-order valence-corrected chi connectivity index (χ1v) is 7.81. The van der Waals surface area contributed by atoms with E-state index >= 15 is 0 Å². The van der Waals surface area contributed by atoms with Crippen LogP contribution in [0.25, 0.3) is 11.1 Å². The molecule has 114 valence electrons. The minimum absolute atomic E-state index is 0.0421. The lowest BCUT2D eigenvalue weighted by atomic mass is 10.0. The third-order valence-electron chi connectivity index (χ3n) is 4.25. The predicted octanol–water partition coefficient (Wildman–Crippen LogP) is 2.70. The molecule has 1 aromatic heterocycles. The summed E-state index contributed by atoms with van der Waals surface area (Å²) in [5, 5.41) is 0. The molecule has 4 nitrogen and oxygen atoms in total. The van der Waals surface area contributed by atoms with Crippen LogP contribution in [0.15, 0.2) is 48.8 Å². The van der Waals surface area contributed by atoms with Crippen molar-refractivity contribution in [2.45, 2.75) is 25.3 Å². The van der Waals surface area contributed by atoms with Crippen LogP contribution in [0.5, 0.6) is 0 Å². The number of piperidine rings is 1. The van der Waals surface area contributed by atoms with Crippen LogP contribution < -0.4 is 5.73 Å². The molecule has 1 aliphatic rings. The average molecular weight is 295 g/mol. The SMILES string of the molecule is NCC1CCCCN1C(=O)c1cncc(-c2ccccc2)c1. The molecule has 2 N–H and O–H groups in total. The summed E-state index contributed by atoms with van der Waals surface area (Å²) in [6.07, 6.45) is 6.63. The van der Waals surface area contributed by atoms with E-state index in [4.69, 9.17) is 5.73 Å². The molecule has 2 heterocycles. The van der Waals surface area contributed by atoms with Crippen molar-refractivity contribution in [1.82, 2.24) is 9.88 Å². The number of amides is 1. The van der Waals surface area contributed by atoms with Crippen molar-refractivity contribution in [2.75, 3.05) is 13.1 Å². The van der Waals surface area contributed by atoms with Gasteiger partial charge in [-0.25, -0.2) is 0 Å². The zero-order chi connectivity index (χ0) is 15.4. The van der Waals surface area contributed by atoms with E-state index in [0.29, 0.717) is 12.1 Å². The van der Waals surface area contributed by atoms with Gasteiger partial charge in [0.25, 0.3) is 5.91 Å². The minimum Gasteiger partial charge on any atom is -0.334 e. The Morgan fingerprint density at radius 3 is 2.77 bits per heavy atom. The molecule has 1 aromatic carbocycles. The number of benzene rings is 1. The van der Waals surface area contributed by atoms with Gasteiger partial charge in [0.1, 0.15) is 0 Å². The van der Waals surface area contributed by atoms with Gasteiger partial charge in [0.2, 0.25) is 0 Å². The number of aromatic nitrogens is 1. The second-order valence-electron chi connectivity index (χ2n) is 5.71. The van der Waals surface area contributed by atoms with E-state index in [1.807, 2.05) is 41.3 Å². The maximum absolute atomic E-state index is 12.8. The molecule has 0 bridgehead atoms. The van der Waals surface area contributed by atoms with Crippen LogP contribution >= 0.6 is 0 Å². The average Bonchev–Trinajstić information content (AvgIpc) is 2.62. The molecule has 0 radical (unpaired) electrons. The van der Waals surface area contributed by atoms with Crippen molar-refractivity contribution in [3.8, 4) is 11.1 Å². The zero-order valence-corrected chi connectivity index (χ0v) is 12.6. The Bertz CT molecular complexity index is 642. The molecule has 3 rings (SSSR count). The summed E-state index contributed by atoms with van der Waals surface area (Å²) in [6, 6.07) is 12.1. The van der Waals surface area contributed by atoms with Crippen molar-refractivity contribution in [3.63, 3.8) is 0 Å². The molecule has 2 aromatic rings. The molecule has 22 heavy (non-hydrogen) atoms. The van der Waals surface area contributed by atoms with E-state index in [0.717, 1.165) is 36.9 Å². The molecule has 0 saturated carbocycles. The number of likely N-dealkylation sites (tertiary alicyclic amines) is 1. The highest BCUT2D eigenvalue weighted by atomic mass is 16.2. The minimum atomic E-state index is 0.0421. The third-order valence-corrected chi connectivity index (χ3v) is 4.25. The second kappa shape index (κ2) is 6.71. The highest BCUT2D eigenvalue weighted by Crippen LogP contribution is 2.22. The summed E-state index contributed by atoms with van der Waals surface area (Å²) in [4.78, 5) is 18.9. The summed E-state index contributed by atoms with van der Waals surface area (Å²) in [5.41, 5.74) is 8.50. The lowest BCUT2D eigenvalue weighted by Gasteiger charge is -2.35. The Morgan fingerprint density at radius 1 is 1.18 bits per heavy atom. The molecule has 0 spiro atoms. The smallest absolute Gasteiger partial charge is 0.255 e. The van der Waals surface area contributed by atoms with E-state index in [1.165, 1.54) is 0 Å². The van der Waals surface area contributed by atoms with Crippen LogP contribution in [0.1, 0.15) is 29.6 Å². The fraction of sp³-hybridized carbons (Fsp3) is 0.333. The summed E-state index contributed by atoms with van der Waals surface area (Å²) in [7, 11) is 0. The number of nitrogens with zero attached hydrogens (tertiary/aromatic N) is 2. The van der Waals surface area contributed by atoms with E-state index in [2.05, 4.69) is 4.98 Å². The predicted molar refractivity (Wildman–Crippen MR) is 87.4 cm³/mol. The number of carbonyl (C=O) groups is 1. The second-order valence-corrected chi connectivity index (χ2v) is 5.71. The Kier molecular flexibility index (Phi) is 4.49. The van der Waals surface area contributed by atoms with E-state index in [1.54, 1.807) is 12.4 Å². The Labute approximate surface area is 131 Å². The van der Waals surface area contributed by atoms with Crippen LogP contribution in [0.4, 0.5) is 0 Å². The number of rotatable bonds is 3. The maximum atomic E-state index is 12.8. The molecule has 1 amide bonds. The normalized spacial score (nSPS) is 18.2. The Balaban J connectivity index is 1.87. The van der Waals surface area contributed by atoms with E-state index < -0.39 is 0 Å². The largest absolute Gasteiger partial charge is 0.334 e. The standard InChI is InChI=1S/C18H21N3O/c19-11-17-8-4-5-9-21(17)18(22)16-10-15(12-20-13-16)14-6-2-1-3-7-14/h1-3,6-7,10,12-13,17H,4-5,8-9,11,19H2. The van der Waals surface area contributed by atoms with Gasteiger partial charge in [-0.3, -0.25) is 9.78 Å². The Hall–Kier alpha value is -2.20. The van der Waals surface area contributed by atoms with Crippen LogP contribution in [-0.2, 0) is 0 Å². The summed E-state index contributed by atoms with van der Waals surface area (Å²) in [5.74, 6) is 0.0421. The zero-order valence-electron chi connectivity index (χ0n) is 12.6. The molecule has 1 unspecified atom stereocenters. The number of nitrogens with two attached hydrogens (primary N) is 1. The van der Waals surface area contributed by atoms with Gasteiger partial charge in [-0.15, -0.1) is 0 Å². The molecule has 1 atom stereocenters. The number of hydrogen-bond donors (Lipinski definition) is 1. The Morgan fingerprint density at radius 2 is 2.00 bits per heavy atom. The lowest BCUT2D eigenvalue weighted by Crippen LogP contribution is -2.47. The van der Waals surface area contributed by atoms with Crippen LogP contribution in [0, 0.1) is 0 Å². The monoisotopic (exact) mass is 295 g/mol. The van der Waals surface area contributed by atoms with Crippen molar-refractivity contribution in [3.05, 3.63) is 54.4 Å². The van der Waals surface area contributed by atoms with Gasteiger partial charge in [-0.2, -0.15) is 0 Å². The number of carbonyl (C=O) groups excluding carboxylic acids is 1. The first kappa shape index (κ1) is 14.7. The highest BCUT2D eigenvalue weighted by Gasteiger charge is 2.26. The quantitative estimate of drug-likeness (QED) is 0.947. The molecular formula is C18H21N3O. The van der Waals surface area contributed by atoms with Crippen LogP contribution in [0.2, 0.25) is 0 Å². The summed E-state index contributed by atoms with van der Waals surface area (Å²) in [6.45, 7) is 1.31. The van der Waals surface area contributed by atoms with Crippen molar-refractivity contribution in [1.29, 1.82) is 0 Å². The maximum Gasteiger partial charge on any atom is 0.255 e. The molecule has 1 fully saturated rings. The first-order chi connectivity index (χ1) is 10.8. The van der Waals surface area contributed by atoms with Crippen LogP contribution in [0.3, 0.4) is 0 Å². The number of pyridine rings is 1. The fourth-order valence-electron chi connectivity index (χ4n) is 3.02. The molecule has 4 heteroatoms. The molecule has 1 aliphatic heterocycles. The van der Waals surface area contributed by atoms with Gasteiger partial charge in [-0.05, 0) is 30.9 Å². The third kappa shape index (κ3) is 3.02. The van der Waals surface area contributed by atoms with Crippen LogP contribution in [-0.4, -0.2) is 34.9 Å².